The Morgan fingerprint density at radius 2 is 1.84 bits per heavy atom. The average molecular weight is 542 g/mol. The van der Waals surface area contributed by atoms with Gasteiger partial charge in [-0.05, 0) is 61.7 Å². The summed E-state index contributed by atoms with van der Waals surface area (Å²) in [6.45, 7) is 4.49. The third-order valence-electron chi connectivity index (χ3n) is 6.63. The molecule has 3 aromatic rings. The molecule has 1 unspecified atom stereocenters. The number of rotatable bonds is 11. The highest BCUT2D eigenvalue weighted by atomic mass is 35.5. The van der Waals surface area contributed by atoms with Crippen molar-refractivity contribution in [2.75, 3.05) is 25.0 Å². The highest BCUT2D eigenvalue weighted by molar-refractivity contribution is 5.95. The van der Waals surface area contributed by atoms with Crippen LogP contribution in [0.2, 0.25) is 0 Å². The number of hydrogen-bond donors (Lipinski definition) is 4. The van der Waals surface area contributed by atoms with E-state index in [4.69, 9.17) is 20.9 Å². The van der Waals surface area contributed by atoms with Gasteiger partial charge in [0.05, 0.1) is 36.6 Å². The topological polar surface area (TPSA) is 138 Å². The molecule has 2 aromatic carbocycles. The number of likely N-dealkylation sites (tertiary alicyclic amines) is 1. The van der Waals surface area contributed by atoms with Gasteiger partial charge in [-0.1, -0.05) is 6.07 Å². The normalized spacial score (nSPS) is 13.7. The van der Waals surface area contributed by atoms with Crippen molar-refractivity contribution < 1.29 is 14.3 Å². The van der Waals surface area contributed by atoms with E-state index in [1.165, 1.54) is 0 Å². The molecule has 0 bridgehead atoms. The van der Waals surface area contributed by atoms with Crippen LogP contribution in [0.4, 0.5) is 5.69 Å². The lowest BCUT2D eigenvalue weighted by Crippen LogP contribution is -2.46. The van der Waals surface area contributed by atoms with Gasteiger partial charge in [0, 0.05) is 37.9 Å². The molecule has 1 fully saturated rings. The maximum atomic E-state index is 13.0. The van der Waals surface area contributed by atoms with Gasteiger partial charge in [0.25, 0.3) is 0 Å². The Labute approximate surface area is 228 Å². The van der Waals surface area contributed by atoms with Crippen molar-refractivity contribution in [3.63, 3.8) is 0 Å². The van der Waals surface area contributed by atoms with Gasteiger partial charge >= 0.3 is 5.97 Å². The number of carbonyl (C=O) groups excluding carboxylic acids is 2. The molecule has 1 saturated heterocycles. The van der Waals surface area contributed by atoms with E-state index in [0.29, 0.717) is 25.3 Å². The van der Waals surface area contributed by atoms with Crippen LogP contribution in [-0.4, -0.2) is 57.9 Å². The van der Waals surface area contributed by atoms with Crippen LogP contribution in [0.3, 0.4) is 0 Å². The Kier molecular flexibility index (Phi) is 10.1. The molecule has 2 heterocycles. The first-order chi connectivity index (χ1) is 17.9. The zero-order chi connectivity index (χ0) is 26.4. The van der Waals surface area contributed by atoms with Crippen LogP contribution in [0, 0.1) is 5.41 Å². The van der Waals surface area contributed by atoms with Gasteiger partial charge in [-0.3, -0.25) is 15.0 Å². The molecule has 0 saturated carbocycles. The van der Waals surface area contributed by atoms with Gasteiger partial charge in [0.1, 0.15) is 11.7 Å². The first-order valence-corrected chi connectivity index (χ1v) is 12.7. The number of aromatic nitrogens is 2. The fourth-order valence-corrected chi connectivity index (χ4v) is 4.54. The predicted octanol–water partition coefficient (Wildman–Crippen LogP) is 2.93. The number of nitrogens with one attached hydrogen (secondary N) is 3. The highest BCUT2D eigenvalue weighted by Crippen LogP contribution is 2.19. The maximum Gasteiger partial charge on any atom is 0.307 e. The van der Waals surface area contributed by atoms with Crippen LogP contribution in [0.15, 0.2) is 42.5 Å². The van der Waals surface area contributed by atoms with Crippen LogP contribution in [0.5, 0.6) is 0 Å². The summed E-state index contributed by atoms with van der Waals surface area (Å²) in [5, 5.41) is 14.2. The molecule has 0 spiro atoms. The van der Waals surface area contributed by atoms with Crippen molar-refractivity contribution in [1.29, 1.82) is 5.41 Å². The molecule has 1 atom stereocenters. The van der Waals surface area contributed by atoms with Gasteiger partial charge in [-0.25, -0.2) is 4.98 Å². The van der Waals surface area contributed by atoms with Crippen molar-refractivity contribution in [3.05, 3.63) is 59.4 Å². The average Bonchev–Trinajstić information content (AvgIpc) is 3.53. The lowest BCUT2D eigenvalue weighted by molar-refractivity contribution is -0.147. The molecule has 10 nitrogen and oxygen atoms in total. The van der Waals surface area contributed by atoms with Gasteiger partial charge < -0.3 is 30.6 Å². The van der Waals surface area contributed by atoms with Crippen LogP contribution in [0.25, 0.3) is 11.0 Å². The summed E-state index contributed by atoms with van der Waals surface area (Å²) in [6.07, 6.45) is 2.00. The van der Waals surface area contributed by atoms with E-state index in [-0.39, 0.29) is 36.5 Å². The summed E-state index contributed by atoms with van der Waals surface area (Å²) in [5.74, 6) is 0.495. The van der Waals surface area contributed by atoms with Crippen LogP contribution in [0.1, 0.15) is 43.1 Å². The Balaban J connectivity index is 0.00000400. The predicted molar refractivity (Wildman–Crippen MR) is 150 cm³/mol. The van der Waals surface area contributed by atoms with Gasteiger partial charge in [0.2, 0.25) is 5.91 Å². The minimum Gasteiger partial charge on any atom is -0.466 e. The largest absolute Gasteiger partial charge is 0.466 e. The number of ether oxygens (including phenoxy) is 1. The Hall–Kier alpha value is -3.63. The quantitative estimate of drug-likeness (QED) is 0.166. The molecular formula is C27H36ClN7O3. The number of carbonyl (C=O) groups is 2. The van der Waals surface area contributed by atoms with Crippen LogP contribution >= 0.6 is 12.4 Å². The molecule has 4 rings (SSSR count). The first-order valence-electron chi connectivity index (χ1n) is 12.7. The van der Waals surface area contributed by atoms with Crippen molar-refractivity contribution in [1.82, 2.24) is 19.8 Å². The van der Waals surface area contributed by atoms with E-state index in [1.54, 1.807) is 6.92 Å². The van der Waals surface area contributed by atoms with Crippen molar-refractivity contribution in [3.8, 4) is 0 Å². The minimum absolute atomic E-state index is 0. The highest BCUT2D eigenvalue weighted by Gasteiger charge is 2.28. The number of fused-ring (bicyclic) bond motifs is 1. The number of amides is 1. The van der Waals surface area contributed by atoms with Crippen LogP contribution in [-0.2, 0) is 34.5 Å². The van der Waals surface area contributed by atoms with E-state index in [1.807, 2.05) is 59.0 Å². The summed E-state index contributed by atoms with van der Waals surface area (Å²) >= 11 is 0. The zero-order valence-electron chi connectivity index (χ0n) is 21.8. The van der Waals surface area contributed by atoms with Gasteiger partial charge in [0.15, 0.2) is 0 Å². The summed E-state index contributed by atoms with van der Waals surface area (Å²) < 4.78 is 7.14. The molecule has 204 valence electrons. The number of anilines is 1. The fraction of sp³-hybridized carbons (Fsp3) is 0.407. The zero-order valence-corrected chi connectivity index (χ0v) is 22.6. The molecule has 5 N–H and O–H groups in total. The molecule has 0 aliphatic carbocycles. The Bertz CT molecular complexity index is 1270. The minimum atomic E-state index is -0.620. The first kappa shape index (κ1) is 28.9. The number of nitrogens with two attached hydrogens (primary N) is 1. The Morgan fingerprint density at radius 1 is 1.13 bits per heavy atom. The van der Waals surface area contributed by atoms with Crippen molar-refractivity contribution >= 4 is 46.8 Å². The Morgan fingerprint density at radius 3 is 2.50 bits per heavy atom. The summed E-state index contributed by atoms with van der Waals surface area (Å²) in [7, 11) is 1.98. The summed E-state index contributed by atoms with van der Waals surface area (Å²) in [6, 6.07) is 12.8. The molecule has 1 aromatic heterocycles. The standard InChI is InChI=1S/C27H35N7O3.ClH/c1-3-37-25(35)15-22(27(36)34-12-4-5-13-34)31-16-18-6-11-23-21(14-18)32-24(33(23)2)17-30-20-9-7-19(8-10-20)26(28)29;/h6-11,14,22,30-31H,3-5,12-13,15-17H2,1-2H3,(H3,28,29);1H. The molecule has 1 amide bonds. The van der Waals surface area contributed by atoms with Crippen molar-refractivity contribution in [2.45, 2.75) is 45.3 Å². The molecule has 0 radical (unpaired) electrons. The lowest BCUT2D eigenvalue weighted by atomic mass is 10.1. The van der Waals surface area contributed by atoms with Crippen LogP contribution < -0.4 is 16.4 Å². The molecule has 1 aliphatic heterocycles. The molecular weight excluding hydrogens is 506 g/mol. The number of nitrogen functional groups attached to an aromatic ring is 1. The number of hydrogen-bond acceptors (Lipinski definition) is 7. The monoisotopic (exact) mass is 541 g/mol. The smallest absolute Gasteiger partial charge is 0.307 e. The number of halogens is 1. The summed E-state index contributed by atoms with van der Waals surface area (Å²) in [4.78, 5) is 31.8. The third-order valence-corrected chi connectivity index (χ3v) is 6.63. The summed E-state index contributed by atoms with van der Waals surface area (Å²) in [5.41, 5.74) is 9.96. The van der Waals surface area contributed by atoms with E-state index < -0.39 is 6.04 Å². The van der Waals surface area contributed by atoms with Gasteiger partial charge in [-0.2, -0.15) is 0 Å². The second-order valence-corrected chi connectivity index (χ2v) is 9.23. The van der Waals surface area contributed by atoms with E-state index in [2.05, 4.69) is 10.6 Å². The number of amidine groups is 1. The number of nitrogens with zero attached hydrogens (tertiary/aromatic N) is 3. The second-order valence-electron chi connectivity index (χ2n) is 9.23. The van der Waals surface area contributed by atoms with Crippen molar-refractivity contribution in [2.24, 2.45) is 12.8 Å². The molecule has 38 heavy (non-hydrogen) atoms. The second kappa shape index (κ2) is 13.3. The number of imidazole rings is 1. The molecule has 1 aliphatic rings. The molecule has 11 heteroatoms. The number of esters is 1. The maximum absolute atomic E-state index is 13.0. The fourth-order valence-electron chi connectivity index (χ4n) is 4.54. The van der Waals surface area contributed by atoms with E-state index in [9.17, 15) is 9.59 Å². The number of benzene rings is 2. The SMILES string of the molecule is CCOC(=O)CC(NCc1ccc2c(c1)nc(CNc1ccc(C(=N)N)cc1)n2C)C(=O)N1CCCC1.Cl. The lowest BCUT2D eigenvalue weighted by Gasteiger charge is -2.23. The van der Waals surface area contributed by atoms with E-state index in [0.717, 1.165) is 54.0 Å². The number of aryl methyl sites for hydroxylation is 1. The third kappa shape index (κ3) is 7.02. The van der Waals surface area contributed by atoms with Gasteiger partial charge in [-0.15, -0.1) is 12.4 Å². The van der Waals surface area contributed by atoms with E-state index >= 15 is 0 Å².